The van der Waals surface area contributed by atoms with Crippen LogP contribution in [-0.2, 0) is 11.3 Å². The number of rotatable bonds is 0. The molecule has 1 aliphatic heterocycles. The van der Waals surface area contributed by atoms with E-state index in [0.29, 0.717) is 6.54 Å². The maximum atomic E-state index is 11.3. The Kier molecular flexibility index (Phi) is 2.02. The summed E-state index contributed by atoms with van der Waals surface area (Å²) in [5, 5.41) is 2.87. The molecule has 0 aromatic heterocycles. The van der Waals surface area contributed by atoms with Gasteiger partial charge in [-0.2, -0.15) is 0 Å². The van der Waals surface area contributed by atoms with Crippen LogP contribution in [0.25, 0.3) is 0 Å². The number of fused-ring (bicyclic) bond motifs is 1. The third-order valence-corrected chi connectivity index (χ3v) is 2.15. The van der Waals surface area contributed by atoms with Gasteiger partial charge in [0.2, 0.25) is 5.91 Å². The van der Waals surface area contributed by atoms with Crippen LogP contribution in [0.4, 0.5) is 5.69 Å². The zero-order valence-electron chi connectivity index (χ0n) is 7.58. The minimum atomic E-state index is 0.0625. The number of benzene rings is 1. The van der Waals surface area contributed by atoms with Crippen LogP contribution in [0.1, 0.15) is 5.56 Å². The predicted octanol–water partition coefficient (Wildman–Crippen LogP) is 1.07. The maximum Gasteiger partial charge on any atom is 0.238 e. The quantitative estimate of drug-likeness (QED) is 0.641. The van der Waals surface area contributed by atoms with Gasteiger partial charge in [0, 0.05) is 12.2 Å². The molecule has 1 heterocycles. The SMILES string of the molecule is CN1CC(=O)Nc2ccccc2C1. The van der Waals surface area contributed by atoms with Gasteiger partial charge < -0.3 is 5.32 Å². The molecular formula is C10H12N2O. The third kappa shape index (κ3) is 1.70. The Bertz CT molecular complexity index is 335. The van der Waals surface area contributed by atoms with E-state index in [4.69, 9.17) is 0 Å². The smallest absolute Gasteiger partial charge is 0.238 e. The number of para-hydroxylation sites is 1. The minimum absolute atomic E-state index is 0.0625. The molecule has 3 heteroatoms. The van der Waals surface area contributed by atoms with Crippen molar-refractivity contribution in [2.75, 3.05) is 18.9 Å². The molecule has 2 rings (SSSR count). The first-order valence-corrected chi connectivity index (χ1v) is 4.32. The molecule has 0 saturated carbocycles. The fourth-order valence-corrected chi connectivity index (χ4v) is 1.56. The number of carbonyl (C=O) groups is 1. The average molecular weight is 176 g/mol. The number of hydrogen-bond donors (Lipinski definition) is 1. The van der Waals surface area contributed by atoms with Gasteiger partial charge >= 0.3 is 0 Å². The molecule has 0 radical (unpaired) electrons. The lowest BCUT2D eigenvalue weighted by Crippen LogP contribution is -2.26. The van der Waals surface area contributed by atoms with E-state index in [-0.39, 0.29) is 5.91 Å². The summed E-state index contributed by atoms with van der Waals surface area (Å²) in [6.07, 6.45) is 0. The highest BCUT2D eigenvalue weighted by Gasteiger charge is 2.14. The van der Waals surface area contributed by atoms with Gasteiger partial charge in [0.05, 0.1) is 6.54 Å². The highest BCUT2D eigenvalue weighted by Crippen LogP contribution is 2.18. The number of anilines is 1. The summed E-state index contributed by atoms with van der Waals surface area (Å²) in [5.41, 5.74) is 2.12. The summed E-state index contributed by atoms with van der Waals surface area (Å²) in [4.78, 5) is 13.3. The second kappa shape index (κ2) is 3.18. The van der Waals surface area contributed by atoms with Gasteiger partial charge in [0.15, 0.2) is 0 Å². The Labute approximate surface area is 77.4 Å². The van der Waals surface area contributed by atoms with Gasteiger partial charge in [-0.05, 0) is 18.7 Å². The van der Waals surface area contributed by atoms with Gasteiger partial charge in [0.1, 0.15) is 0 Å². The van der Waals surface area contributed by atoms with E-state index in [1.807, 2.05) is 36.2 Å². The van der Waals surface area contributed by atoms with Crippen molar-refractivity contribution in [3.8, 4) is 0 Å². The van der Waals surface area contributed by atoms with Crippen LogP contribution < -0.4 is 5.32 Å². The van der Waals surface area contributed by atoms with Crippen LogP contribution >= 0.6 is 0 Å². The van der Waals surface area contributed by atoms with Gasteiger partial charge in [-0.15, -0.1) is 0 Å². The summed E-state index contributed by atoms with van der Waals surface area (Å²) in [6.45, 7) is 1.30. The number of hydrogen-bond acceptors (Lipinski definition) is 2. The Morgan fingerprint density at radius 3 is 2.92 bits per heavy atom. The standard InChI is InChI=1S/C10H12N2O/c1-12-6-8-4-2-3-5-9(8)11-10(13)7-12/h2-5H,6-7H2,1H3,(H,11,13). The van der Waals surface area contributed by atoms with Crippen molar-refractivity contribution < 1.29 is 4.79 Å². The Morgan fingerprint density at radius 2 is 2.08 bits per heavy atom. The Balaban J connectivity index is 2.38. The first-order chi connectivity index (χ1) is 6.25. The molecule has 1 N–H and O–H groups in total. The molecule has 3 nitrogen and oxygen atoms in total. The molecule has 13 heavy (non-hydrogen) atoms. The summed E-state index contributed by atoms with van der Waals surface area (Å²) >= 11 is 0. The van der Waals surface area contributed by atoms with Gasteiger partial charge in [-0.3, -0.25) is 9.69 Å². The zero-order valence-corrected chi connectivity index (χ0v) is 7.58. The Hall–Kier alpha value is -1.35. The molecule has 0 spiro atoms. The number of amides is 1. The average Bonchev–Trinajstić information content (AvgIpc) is 2.20. The molecule has 0 saturated heterocycles. The van der Waals surface area contributed by atoms with Crippen LogP contribution in [0.5, 0.6) is 0 Å². The second-order valence-electron chi connectivity index (χ2n) is 3.38. The summed E-state index contributed by atoms with van der Waals surface area (Å²) in [5.74, 6) is 0.0625. The van der Waals surface area contributed by atoms with E-state index in [9.17, 15) is 4.79 Å². The number of nitrogens with one attached hydrogen (secondary N) is 1. The summed E-state index contributed by atoms with van der Waals surface area (Å²) < 4.78 is 0. The topological polar surface area (TPSA) is 32.3 Å². The largest absolute Gasteiger partial charge is 0.325 e. The van der Waals surface area contributed by atoms with E-state index >= 15 is 0 Å². The van der Waals surface area contributed by atoms with Crippen molar-refractivity contribution in [2.45, 2.75) is 6.54 Å². The number of likely N-dealkylation sites (N-methyl/N-ethyl adjacent to an activating group) is 1. The molecule has 0 atom stereocenters. The van der Waals surface area contributed by atoms with Crippen LogP contribution in [0.2, 0.25) is 0 Å². The van der Waals surface area contributed by atoms with Crippen LogP contribution in [0.3, 0.4) is 0 Å². The summed E-state index contributed by atoms with van der Waals surface area (Å²) in [6, 6.07) is 7.90. The van der Waals surface area contributed by atoms with Crippen molar-refractivity contribution in [1.29, 1.82) is 0 Å². The molecular weight excluding hydrogens is 164 g/mol. The lowest BCUT2D eigenvalue weighted by molar-refractivity contribution is -0.116. The number of carbonyl (C=O) groups excluding carboxylic acids is 1. The normalized spacial score (nSPS) is 17.5. The number of nitrogens with zero attached hydrogens (tertiary/aromatic N) is 1. The van der Waals surface area contributed by atoms with Gasteiger partial charge in [0.25, 0.3) is 0 Å². The molecule has 1 amide bonds. The second-order valence-corrected chi connectivity index (χ2v) is 3.38. The van der Waals surface area contributed by atoms with E-state index in [1.54, 1.807) is 0 Å². The lowest BCUT2D eigenvalue weighted by atomic mass is 10.2. The van der Waals surface area contributed by atoms with Crippen molar-refractivity contribution in [1.82, 2.24) is 4.90 Å². The molecule has 68 valence electrons. The molecule has 0 bridgehead atoms. The van der Waals surface area contributed by atoms with E-state index in [0.717, 1.165) is 12.2 Å². The van der Waals surface area contributed by atoms with E-state index in [2.05, 4.69) is 5.32 Å². The molecule has 0 aliphatic carbocycles. The highest BCUT2D eigenvalue weighted by molar-refractivity contribution is 5.93. The van der Waals surface area contributed by atoms with Crippen molar-refractivity contribution >= 4 is 11.6 Å². The third-order valence-electron chi connectivity index (χ3n) is 2.15. The molecule has 0 fully saturated rings. The van der Waals surface area contributed by atoms with E-state index < -0.39 is 0 Å². The first-order valence-electron chi connectivity index (χ1n) is 4.32. The zero-order chi connectivity index (χ0) is 9.26. The van der Waals surface area contributed by atoms with E-state index in [1.165, 1.54) is 5.56 Å². The predicted molar refractivity (Wildman–Crippen MR) is 51.4 cm³/mol. The van der Waals surface area contributed by atoms with Crippen molar-refractivity contribution in [2.24, 2.45) is 0 Å². The van der Waals surface area contributed by atoms with Gasteiger partial charge in [-0.1, -0.05) is 18.2 Å². The molecule has 1 aromatic rings. The monoisotopic (exact) mass is 176 g/mol. The Morgan fingerprint density at radius 1 is 1.31 bits per heavy atom. The lowest BCUT2D eigenvalue weighted by Gasteiger charge is -2.10. The first kappa shape index (κ1) is 8.26. The van der Waals surface area contributed by atoms with Crippen LogP contribution in [-0.4, -0.2) is 24.4 Å². The van der Waals surface area contributed by atoms with Crippen LogP contribution in [0.15, 0.2) is 24.3 Å². The maximum absolute atomic E-state index is 11.3. The van der Waals surface area contributed by atoms with Crippen LogP contribution in [0, 0.1) is 0 Å². The molecule has 1 aliphatic rings. The molecule has 0 unspecified atom stereocenters. The summed E-state index contributed by atoms with van der Waals surface area (Å²) in [7, 11) is 1.95. The minimum Gasteiger partial charge on any atom is -0.325 e. The molecule has 1 aromatic carbocycles. The fraction of sp³-hybridized carbons (Fsp3) is 0.300. The van der Waals surface area contributed by atoms with Gasteiger partial charge in [-0.25, -0.2) is 0 Å². The van der Waals surface area contributed by atoms with Crippen molar-refractivity contribution in [3.63, 3.8) is 0 Å². The van der Waals surface area contributed by atoms with Crippen molar-refractivity contribution in [3.05, 3.63) is 29.8 Å². The fourth-order valence-electron chi connectivity index (χ4n) is 1.56. The highest BCUT2D eigenvalue weighted by atomic mass is 16.2.